The molecule has 1 heteroatoms. The maximum atomic E-state index is 3.08. The summed E-state index contributed by atoms with van der Waals surface area (Å²) in [6.45, 7) is 6.27. The lowest BCUT2D eigenvalue weighted by atomic mass is 9.98. The summed E-state index contributed by atoms with van der Waals surface area (Å²) in [5.41, 5.74) is 0.109. The van der Waals surface area contributed by atoms with Gasteiger partial charge in [0.25, 0.3) is 0 Å². The van der Waals surface area contributed by atoms with E-state index >= 15 is 0 Å². The largest absolute Gasteiger partial charge is 0.393 e. The van der Waals surface area contributed by atoms with E-state index in [2.05, 4.69) is 37.9 Å². The molecule has 0 aliphatic carbocycles. The van der Waals surface area contributed by atoms with Gasteiger partial charge in [0.15, 0.2) is 0 Å². The van der Waals surface area contributed by atoms with Crippen molar-refractivity contribution in [3.8, 4) is 11.8 Å². The second-order valence-electron chi connectivity index (χ2n) is 3.14. The predicted octanol–water partition coefficient (Wildman–Crippen LogP) is 1.77. The topological polar surface area (TPSA) is 12.0 Å². The Bertz CT molecular complexity index is 161. The average Bonchev–Trinajstić information content (AvgIpc) is 1.78. The van der Waals surface area contributed by atoms with E-state index in [0.717, 1.165) is 0 Å². The predicted molar refractivity (Wildman–Crippen MR) is 45.4 cm³/mol. The highest BCUT2D eigenvalue weighted by atomic mass is 14.8. The summed E-state index contributed by atoms with van der Waals surface area (Å²) in [6, 6.07) is 0. The van der Waals surface area contributed by atoms with Crippen LogP contribution >= 0.6 is 0 Å². The molecule has 1 N–H and O–H groups in total. The van der Waals surface area contributed by atoms with Gasteiger partial charge in [-0.15, -0.1) is 0 Å². The Morgan fingerprint density at radius 2 is 1.90 bits per heavy atom. The van der Waals surface area contributed by atoms with Crippen molar-refractivity contribution in [1.82, 2.24) is 5.32 Å². The molecule has 0 aromatic heterocycles. The molecule has 0 aromatic rings. The molecule has 56 valence electrons. The van der Waals surface area contributed by atoms with Gasteiger partial charge in [0.1, 0.15) is 0 Å². The molecular weight excluding hydrogens is 122 g/mol. The van der Waals surface area contributed by atoms with Crippen molar-refractivity contribution in [3.63, 3.8) is 0 Å². The Morgan fingerprint density at radius 1 is 1.30 bits per heavy atom. The summed E-state index contributed by atoms with van der Waals surface area (Å²) in [5, 5.41) is 2.87. The van der Waals surface area contributed by atoms with E-state index in [1.807, 2.05) is 19.3 Å². The summed E-state index contributed by atoms with van der Waals surface area (Å²) < 4.78 is 0. The highest BCUT2D eigenvalue weighted by molar-refractivity contribution is 5.18. The lowest BCUT2D eigenvalue weighted by Gasteiger charge is -2.05. The zero-order valence-electron chi connectivity index (χ0n) is 7.15. The maximum absolute atomic E-state index is 3.08. The van der Waals surface area contributed by atoms with Gasteiger partial charge in [-0.05, 0) is 20.8 Å². The first-order chi connectivity index (χ1) is 4.56. The molecule has 0 unspecified atom stereocenters. The van der Waals surface area contributed by atoms with Gasteiger partial charge in [-0.3, -0.25) is 0 Å². The summed E-state index contributed by atoms with van der Waals surface area (Å²) in [6.07, 6.45) is 3.63. The standard InChI is InChI=1S/C9H15N/c1-9(2,3)7-5-6-8-10-4/h6,8,10H,1-4H3/b8-6+. The molecule has 10 heavy (non-hydrogen) atoms. The van der Waals surface area contributed by atoms with Gasteiger partial charge >= 0.3 is 0 Å². The van der Waals surface area contributed by atoms with E-state index in [9.17, 15) is 0 Å². The number of allylic oxidation sites excluding steroid dienone is 1. The van der Waals surface area contributed by atoms with Crippen LogP contribution in [0.5, 0.6) is 0 Å². The van der Waals surface area contributed by atoms with Crippen molar-refractivity contribution in [1.29, 1.82) is 0 Å². The monoisotopic (exact) mass is 137 g/mol. The minimum atomic E-state index is 0.109. The number of hydrogen-bond donors (Lipinski definition) is 1. The molecular formula is C9H15N. The second kappa shape index (κ2) is 4.00. The first-order valence-electron chi connectivity index (χ1n) is 3.41. The van der Waals surface area contributed by atoms with E-state index in [4.69, 9.17) is 0 Å². The molecule has 0 aliphatic rings. The fraction of sp³-hybridized carbons (Fsp3) is 0.556. The van der Waals surface area contributed by atoms with Crippen LogP contribution in [0.25, 0.3) is 0 Å². The van der Waals surface area contributed by atoms with E-state index in [1.165, 1.54) is 0 Å². The second-order valence-corrected chi connectivity index (χ2v) is 3.14. The molecule has 0 saturated heterocycles. The van der Waals surface area contributed by atoms with Crippen LogP contribution in [0.2, 0.25) is 0 Å². The average molecular weight is 137 g/mol. The van der Waals surface area contributed by atoms with Crippen molar-refractivity contribution < 1.29 is 0 Å². The van der Waals surface area contributed by atoms with E-state index in [-0.39, 0.29) is 5.41 Å². The molecule has 0 radical (unpaired) electrons. The van der Waals surface area contributed by atoms with Crippen molar-refractivity contribution in [2.75, 3.05) is 7.05 Å². The number of nitrogens with one attached hydrogen (secondary N) is 1. The van der Waals surface area contributed by atoms with Crippen LogP contribution in [0.1, 0.15) is 20.8 Å². The Hall–Kier alpha value is -0.900. The van der Waals surface area contributed by atoms with E-state index < -0.39 is 0 Å². The molecule has 0 rings (SSSR count). The van der Waals surface area contributed by atoms with Crippen LogP contribution in [0.4, 0.5) is 0 Å². The van der Waals surface area contributed by atoms with Crippen molar-refractivity contribution in [2.45, 2.75) is 20.8 Å². The molecule has 0 bridgehead atoms. The zero-order valence-corrected chi connectivity index (χ0v) is 7.15. The Kier molecular flexibility index (Phi) is 3.64. The Balaban J connectivity index is 3.81. The van der Waals surface area contributed by atoms with E-state index in [0.29, 0.717) is 0 Å². The third kappa shape index (κ3) is 7.10. The highest BCUT2D eigenvalue weighted by Crippen LogP contribution is 2.09. The molecule has 0 heterocycles. The van der Waals surface area contributed by atoms with Gasteiger partial charge in [0.05, 0.1) is 0 Å². The van der Waals surface area contributed by atoms with Crippen LogP contribution in [-0.2, 0) is 0 Å². The smallest absolute Gasteiger partial charge is 0.0233 e. The zero-order chi connectivity index (χ0) is 8.04. The van der Waals surface area contributed by atoms with Crippen molar-refractivity contribution in [3.05, 3.63) is 12.3 Å². The lowest BCUT2D eigenvalue weighted by molar-refractivity contribution is 0.571. The quantitative estimate of drug-likeness (QED) is 0.543. The lowest BCUT2D eigenvalue weighted by Crippen LogP contribution is -1.98. The molecule has 1 nitrogen and oxygen atoms in total. The van der Waals surface area contributed by atoms with Crippen LogP contribution in [-0.4, -0.2) is 7.05 Å². The van der Waals surface area contributed by atoms with Gasteiger partial charge in [-0.1, -0.05) is 11.8 Å². The fourth-order valence-corrected chi connectivity index (χ4v) is 0.383. The van der Waals surface area contributed by atoms with Gasteiger partial charge in [-0.25, -0.2) is 0 Å². The summed E-state index contributed by atoms with van der Waals surface area (Å²) in [4.78, 5) is 0. The third-order valence-electron chi connectivity index (χ3n) is 0.781. The Morgan fingerprint density at radius 3 is 2.30 bits per heavy atom. The van der Waals surface area contributed by atoms with Crippen molar-refractivity contribution >= 4 is 0 Å². The molecule has 0 amide bonds. The first kappa shape index (κ1) is 9.10. The van der Waals surface area contributed by atoms with Crippen LogP contribution < -0.4 is 5.32 Å². The minimum absolute atomic E-state index is 0.109. The number of rotatable bonds is 1. The molecule has 0 aliphatic heterocycles. The fourth-order valence-electron chi connectivity index (χ4n) is 0.383. The molecule has 0 atom stereocenters. The van der Waals surface area contributed by atoms with Crippen LogP contribution in [0.15, 0.2) is 12.3 Å². The SMILES string of the molecule is CN/C=C/C#CC(C)(C)C. The molecule has 0 spiro atoms. The van der Waals surface area contributed by atoms with Gasteiger partial charge in [0.2, 0.25) is 0 Å². The van der Waals surface area contributed by atoms with Crippen molar-refractivity contribution in [2.24, 2.45) is 5.41 Å². The van der Waals surface area contributed by atoms with Gasteiger partial charge < -0.3 is 5.32 Å². The third-order valence-corrected chi connectivity index (χ3v) is 0.781. The summed E-state index contributed by atoms with van der Waals surface area (Å²) >= 11 is 0. The van der Waals surface area contributed by atoms with Gasteiger partial charge in [0, 0.05) is 24.7 Å². The molecule has 0 aromatic carbocycles. The highest BCUT2D eigenvalue weighted by Gasteiger charge is 2.01. The first-order valence-corrected chi connectivity index (χ1v) is 3.41. The number of hydrogen-bond acceptors (Lipinski definition) is 1. The molecule has 0 saturated carbocycles. The van der Waals surface area contributed by atoms with Gasteiger partial charge in [-0.2, -0.15) is 0 Å². The van der Waals surface area contributed by atoms with Crippen LogP contribution in [0.3, 0.4) is 0 Å². The summed E-state index contributed by atoms with van der Waals surface area (Å²) in [7, 11) is 1.86. The van der Waals surface area contributed by atoms with Crippen LogP contribution in [0, 0.1) is 17.3 Å². The maximum Gasteiger partial charge on any atom is 0.0233 e. The normalized spacial score (nSPS) is 10.8. The Labute approximate surface area is 63.5 Å². The molecule has 0 fully saturated rings. The van der Waals surface area contributed by atoms with E-state index in [1.54, 1.807) is 0 Å². The minimum Gasteiger partial charge on any atom is -0.393 e. The summed E-state index contributed by atoms with van der Waals surface area (Å²) in [5.74, 6) is 6.01.